The summed E-state index contributed by atoms with van der Waals surface area (Å²) >= 11 is 7.23. The molecule has 0 aliphatic heterocycles. The molecule has 1 aromatic carbocycles. The largest absolute Gasteiger partial charge is 0.399 e. The Hall–Kier alpha value is -1.40. The van der Waals surface area contributed by atoms with Crippen molar-refractivity contribution in [3.63, 3.8) is 0 Å². The Labute approximate surface area is 120 Å². The summed E-state index contributed by atoms with van der Waals surface area (Å²) in [6, 6.07) is 3.32. The van der Waals surface area contributed by atoms with E-state index in [0.717, 1.165) is 12.8 Å². The number of carbonyl (C=O) groups excluding carboxylic acids is 2. The Bertz CT molecular complexity index is 532. The molecular formula is C12H14ClN3O2S. The van der Waals surface area contributed by atoms with E-state index in [1.54, 1.807) is 0 Å². The third kappa shape index (κ3) is 3.78. The molecule has 0 aromatic heterocycles. The monoisotopic (exact) mass is 299 g/mol. The number of nitrogen functional groups attached to an aromatic ring is 1. The lowest BCUT2D eigenvalue weighted by atomic mass is 10.2. The third-order valence-corrected chi connectivity index (χ3v) is 4.17. The zero-order valence-electron chi connectivity index (χ0n) is 10.1. The standard InChI is InChI=1S/C12H14ClN3O2S/c13-9-4-6(14)3-8(12(15)18)11(9)19-5-10(17)16-7-1-2-7/h3-4,7H,1-2,5,14H2,(H2,15,18)(H,16,17). The van der Waals surface area contributed by atoms with Crippen LogP contribution in [-0.4, -0.2) is 23.6 Å². The van der Waals surface area contributed by atoms with Crippen LogP contribution in [0.4, 0.5) is 5.69 Å². The van der Waals surface area contributed by atoms with Gasteiger partial charge in [-0.05, 0) is 25.0 Å². The van der Waals surface area contributed by atoms with Crippen LogP contribution in [0.15, 0.2) is 17.0 Å². The third-order valence-electron chi connectivity index (χ3n) is 2.62. The SMILES string of the molecule is NC(=O)c1cc(N)cc(Cl)c1SCC(=O)NC1CC1. The van der Waals surface area contributed by atoms with Crippen molar-refractivity contribution in [3.8, 4) is 0 Å². The van der Waals surface area contributed by atoms with Crippen LogP contribution in [0.5, 0.6) is 0 Å². The molecule has 2 amide bonds. The minimum Gasteiger partial charge on any atom is -0.399 e. The highest BCUT2D eigenvalue weighted by atomic mass is 35.5. The maximum Gasteiger partial charge on any atom is 0.249 e. The topological polar surface area (TPSA) is 98.2 Å². The van der Waals surface area contributed by atoms with Crippen LogP contribution in [0.25, 0.3) is 0 Å². The van der Waals surface area contributed by atoms with Gasteiger partial charge in [0.15, 0.2) is 0 Å². The van der Waals surface area contributed by atoms with Crippen molar-refractivity contribution in [2.45, 2.75) is 23.8 Å². The van der Waals surface area contributed by atoms with E-state index < -0.39 is 5.91 Å². The number of amides is 2. The van der Waals surface area contributed by atoms with Crippen LogP contribution >= 0.6 is 23.4 Å². The van der Waals surface area contributed by atoms with Gasteiger partial charge in [0.05, 0.1) is 16.3 Å². The molecule has 1 saturated carbocycles. The Morgan fingerprint density at radius 1 is 1.42 bits per heavy atom. The van der Waals surface area contributed by atoms with Crippen molar-refractivity contribution in [2.24, 2.45) is 5.73 Å². The van der Waals surface area contributed by atoms with E-state index in [0.29, 0.717) is 21.6 Å². The number of thioether (sulfide) groups is 1. The molecule has 0 radical (unpaired) electrons. The summed E-state index contributed by atoms with van der Waals surface area (Å²) in [6.45, 7) is 0. The Morgan fingerprint density at radius 3 is 2.68 bits per heavy atom. The average Bonchev–Trinajstić information content (AvgIpc) is 3.10. The number of nitrogens with one attached hydrogen (secondary N) is 1. The van der Waals surface area contributed by atoms with Crippen LogP contribution in [-0.2, 0) is 4.79 Å². The molecule has 1 aliphatic rings. The molecule has 0 heterocycles. The van der Waals surface area contributed by atoms with Crippen LogP contribution < -0.4 is 16.8 Å². The van der Waals surface area contributed by atoms with Gasteiger partial charge in [0.1, 0.15) is 0 Å². The van der Waals surface area contributed by atoms with E-state index in [1.165, 1.54) is 23.9 Å². The number of hydrogen-bond donors (Lipinski definition) is 3. The van der Waals surface area contributed by atoms with E-state index in [4.69, 9.17) is 23.1 Å². The van der Waals surface area contributed by atoms with Gasteiger partial charge >= 0.3 is 0 Å². The zero-order valence-corrected chi connectivity index (χ0v) is 11.7. The first kappa shape index (κ1) is 14.0. The maximum absolute atomic E-state index is 11.6. The molecule has 102 valence electrons. The first-order chi connectivity index (χ1) is 8.97. The van der Waals surface area contributed by atoms with Gasteiger partial charge in [0, 0.05) is 16.6 Å². The molecule has 7 heteroatoms. The van der Waals surface area contributed by atoms with Gasteiger partial charge in [-0.25, -0.2) is 0 Å². The van der Waals surface area contributed by atoms with Gasteiger partial charge in [0.25, 0.3) is 0 Å². The molecule has 0 bridgehead atoms. The first-order valence-electron chi connectivity index (χ1n) is 5.78. The molecule has 2 rings (SSSR count). The number of halogens is 1. The quantitative estimate of drug-likeness (QED) is 0.565. The van der Waals surface area contributed by atoms with Crippen molar-refractivity contribution < 1.29 is 9.59 Å². The molecule has 5 N–H and O–H groups in total. The maximum atomic E-state index is 11.6. The molecule has 1 aromatic rings. The predicted octanol–water partition coefficient (Wildman–Crippen LogP) is 1.39. The molecule has 0 saturated heterocycles. The van der Waals surface area contributed by atoms with Crippen molar-refractivity contribution in [3.05, 3.63) is 22.7 Å². The zero-order chi connectivity index (χ0) is 14.0. The molecule has 1 fully saturated rings. The van der Waals surface area contributed by atoms with E-state index in [-0.39, 0.29) is 17.2 Å². The van der Waals surface area contributed by atoms with Gasteiger partial charge < -0.3 is 16.8 Å². The van der Waals surface area contributed by atoms with Crippen LogP contribution in [0.3, 0.4) is 0 Å². The van der Waals surface area contributed by atoms with Crippen molar-refractivity contribution in [1.29, 1.82) is 0 Å². The summed E-state index contributed by atoms with van der Waals surface area (Å²) in [7, 11) is 0. The molecule has 0 unspecified atom stereocenters. The lowest BCUT2D eigenvalue weighted by molar-refractivity contribution is -0.118. The summed E-state index contributed by atoms with van der Waals surface area (Å²) in [5, 5.41) is 3.19. The summed E-state index contributed by atoms with van der Waals surface area (Å²) in [6.07, 6.45) is 2.07. The molecule has 0 spiro atoms. The lowest BCUT2D eigenvalue weighted by Crippen LogP contribution is -2.27. The van der Waals surface area contributed by atoms with Gasteiger partial charge in [-0.3, -0.25) is 9.59 Å². The number of anilines is 1. The molecular weight excluding hydrogens is 286 g/mol. The fourth-order valence-corrected chi connectivity index (χ4v) is 2.84. The number of benzene rings is 1. The number of primary amides is 1. The smallest absolute Gasteiger partial charge is 0.249 e. The van der Waals surface area contributed by atoms with Crippen molar-refractivity contribution in [1.82, 2.24) is 5.32 Å². The molecule has 19 heavy (non-hydrogen) atoms. The minimum atomic E-state index is -0.612. The summed E-state index contributed by atoms with van der Waals surface area (Å²) < 4.78 is 0. The Morgan fingerprint density at radius 2 is 2.11 bits per heavy atom. The highest BCUT2D eigenvalue weighted by Crippen LogP contribution is 2.33. The number of carbonyl (C=O) groups is 2. The second-order valence-electron chi connectivity index (χ2n) is 4.37. The number of hydrogen-bond acceptors (Lipinski definition) is 4. The Balaban J connectivity index is 2.09. The van der Waals surface area contributed by atoms with E-state index >= 15 is 0 Å². The first-order valence-corrected chi connectivity index (χ1v) is 7.14. The number of nitrogens with two attached hydrogens (primary N) is 2. The van der Waals surface area contributed by atoms with E-state index in [1.807, 2.05) is 0 Å². The minimum absolute atomic E-state index is 0.0733. The molecule has 0 atom stereocenters. The second kappa shape index (κ2) is 5.71. The Kier molecular flexibility index (Phi) is 4.21. The van der Waals surface area contributed by atoms with Crippen molar-refractivity contribution >= 4 is 40.9 Å². The fourth-order valence-electron chi connectivity index (χ4n) is 1.58. The fraction of sp³-hybridized carbons (Fsp3) is 0.333. The second-order valence-corrected chi connectivity index (χ2v) is 5.77. The van der Waals surface area contributed by atoms with Gasteiger partial charge in [0.2, 0.25) is 11.8 Å². The van der Waals surface area contributed by atoms with Gasteiger partial charge in [-0.2, -0.15) is 0 Å². The predicted molar refractivity (Wildman–Crippen MR) is 76.3 cm³/mol. The van der Waals surface area contributed by atoms with Crippen LogP contribution in [0.2, 0.25) is 5.02 Å². The lowest BCUT2D eigenvalue weighted by Gasteiger charge is -2.10. The van der Waals surface area contributed by atoms with E-state index in [9.17, 15) is 9.59 Å². The van der Waals surface area contributed by atoms with Crippen LogP contribution in [0.1, 0.15) is 23.2 Å². The average molecular weight is 300 g/mol. The highest BCUT2D eigenvalue weighted by Gasteiger charge is 2.23. The van der Waals surface area contributed by atoms with Gasteiger partial charge in [-0.15, -0.1) is 11.8 Å². The van der Waals surface area contributed by atoms with Gasteiger partial charge in [-0.1, -0.05) is 11.6 Å². The normalized spacial score (nSPS) is 14.2. The molecule has 5 nitrogen and oxygen atoms in total. The summed E-state index contributed by atoms with van der Waals surface area (Å²) in [4.78, 5) is 23.5. The summed E-state index contributed by atoms with van der Waals surface area (Å²) in [5.41, 5.74) is 11.5. The van der Waals surface area contributed by atoms with Crippen molar-refractivity contribution in [2.75, 3.05) is 11.5 Å². The highest BCUT2D eigenvalue weighted by molar-refractivity contribution is 8.00. The van der Waals surface area contributed by atoms with Crippen LogP contribution in [0, 0.1) is 0 Å². The van der Waals surface area contributed by atoms with E-state index in [2.05, 4.69) is 5.32 Å². The molecule has 1 aliphatic carbocycles. The number of rotatable bonds is 5. The summed E-state index contributed by atoms with van der Waals surface area (Å²) in [5.74, 6) is -0.490.